The Morgan fingerprint density at radius 3 is 2.52 bits per heavy atom. The van der Waals surface area contributed by atoms with Crippen LogP contribution in [0, 0.1) is 6.92 Å². The van der Waals surface area contributed by atoms with E-state index < -0.39 is 0 Å². The highest BCUT2D eigenvalue weighted by atomic mass is 35.5. The lowest BCUT2D eigenvalue weighted by Crippen LogP contribution is -2.37. The molecule has 1 atom stereocenters. The number of hydrogen-bond donors (Lipinski definition) is 1. The number of anilines is 1. The fraction of sp³-hybridized carbons (Fsp3) is 0.450. The van der Waals surface area contributed by atoms with E-state index in [1.807, 2.05) is 50.2 Å². The zero-order valence-corrected chi connectivity index (χ0v) is 16.8. The van der Waals surface area contributed by atoms with Crippen LogP contribution in [0.25, 0.3) is 0 Å². The Morgan fingerprint density at radius 2 is 1.93 bits per heavy atom. The monoisotopic (exact) mass is 387 g/mol. The van der Waals surface area contributed by atoms with Crippen LogP contribution in [0.4, 0.5) is 5.95 Å². The van der Waals surface area contributed by atoms with Crippen molar-refractivity contribution < 1.29 is 4.79 Å². The number of nitrogens with one attached hydrogen (secondary N) is 1. The number of carbonyl (C=O) groups excluding carboxylic acids is 1. The summed E-state index contributed by atoms with van der Waals surface area (Å²) in [6.07, 6.45) is 3.98. The molecule has 7 heteroatoms. The van der Waals surface area contributed by atoms with Crippen LogP contribution in [0.1, 0.15) is 40.5 Å². The first-order valence-corrected chi connectivity index (χ1v) is 9.62. The van der Waals surface area contributed by atoms with E-state index in [2.05, 4.69) is 20.2 Å². The highest BCUT2D eigenvalue weighted by molar-refractivity contribution is 6.30. The molecular weight excluding hydrogens is 362 g/mol. The first-order valence-electron chi connectivity index (χ1n) is 9.24. The second-order valence-corrected chi connectivity index (χ2v) is 7.52. The molecule has 2 heterocycles. The van der Waals surface area contributed by atoms with Crippen LogP contribution in [0.15, 0.2) is 30.5 Å². The fourth-order valence-corrected chi connectivity index (χ4v) is 3.50. The van der Waals surface area contributed by atoms with E-state index in [-0.39, 0.29) is 11.9 Å². The molecule has 0 aliphatic carbocycles. The summed E-state index contributed by atoms with van der Waals surface area (Å²) in [6, 6.07) is 8.02. The fourth-order valence-electron chi connectivity index (χ4n) is 3.37. The van der Waals surface area contributed by atoms with Gasteiger partial charge in [0.15, 0.2) is 0 Å². The molecule has 0 unspecified atom stereocenters. The van der Waals surface area contributed by atoms with Gasteiger partial charge in [0.1, 0.15) is 0 Å². The van der Waals surface area contributed by atoms with Gasteiger partial charge < -0.3 is 10.2 Å². The molecule has 1 amide bonds. The van der Waals surface area contributed by atoms with E-state index in [1.165, 1.54) is 12.8 Å². The van der Waals surface area contributed by atoms with Gasteiger partial charge in [-0.05, 0) is 50.6 Å². The smallest absolute Gasteiger partial charge is 0.254 e. The van der Waals surface area contributed by atoms with Crippen LogP contribution in [-0.2, 0) is 0 Å². The Kier molecular flexibility index (Phi) is 6.29. The number of amides is 1. The molecule has 1 aromatic carbocycles. The molecular formula is C20H26ClN5O. The van der Waals surface area contributed by atoms with Crippen molar-refractivity contribution in [1.82, 2.24) is 20.2 Å². The molecule has 2 aromatic rings. The molecule has 1 aliphatic heterocycles. The van der Waals surface area contributed by atoms with Crippen LogP contribution in [-0.4, -0.2) is 54.5 Å². The third-order valence-electron chi connectivity index (χ3n) is 4.90. The lowest BCUT2D eigenvalue weighted by atomic mass is 10.1. The summed E-state index contributed by atoms with van der Waals surface area (Å²) < 4.78 is 0. The average Bonchev–Trinajstić information content (AvgIpc) is 3.17. The Bertz CT molecular complexity index is 787. The van der Waals surface area contributed by atoms with Crippen LogP contribution < -0.4 is 10.2 Å². The van der Waals surface area contributed by atoms with E-state index in [0.29, 0.717) is 23.8 Å². The molecule has 144 valence electrons. The molecule has 1 fully saturated rings. The molecule has 1 aromatic heterocycles. The third kappa shape index (κ3) is 4.76. The van der Waals surface area contributed by atoms with Gasteiger partial charge in [-0.15, -0.1) is 0 Å². The van der Waals surface area contributed by atoms with Gasteiger partial charge in [-0.25, -0.2) is 9.97 Å². The number of aromatic nitrogens is 2. The van der Waals surface area contributed by atoms with Gasteiger partial charge in [0.05, 0.1) is 17.3 Å². The van der Waals surface area contributed by atoms with Crippen molar-refractivity contribution in [1.29, 1.82) is 0 Å². The largest absolute Gasteiger partial charge is 0.350 e. The van der Waals surface area contributed by atoms with Gasteiger partial charge in [-0.3, -0.25) is 9.69 Å². The zero-order chi connectivity index (χ0) is 19.4. The number of nitrogens with zero attached hydrogens (tertiary/aromatic N) is 4. The van der Waals surface area contributed by atoms with Crippen molar-refractivity contribution in [2.45, 2.75) is 25.8 Å². The molecule has 1 saturated heterocycles. The van der Waals surface area contributed by atoms with E-state index >= 15 is 0 Å². The summed E-state index contributed by atoms with van der Waals surface area (Å²) in [7, 11) is 3.75. The SMILES string of the molecule is Cc1nc(N(C)C)ncc1C(=O)NC[C@@H](c1ccc(Cl)cc1)N1CCCC1. The molecule has 1 aliphatic rings. The Morgan fingerprint density at radius 1 is 1.26 bits per heavy atom. The highest BCUT2D eigenvalue weighted by Gasteiger charge is 2.24. The second kappa shape index (κ2) is 8.67. The lowest BCUT2D eigenvalue weighted by molar-refractivity contribution is 0.0936. The van der Waals surface area contributed by atoms with E-state index in [0.717, 1.165) is 23.7 Å². The first kappa shape index (κ1) is 19.6. The molecule has 6 nitrogen and oxygen atoms in total. The van der Waals surface area contributed by atoms with Crippen LogP contribution >= 0.6 is 11.6 Å². The third-order valence-corrected chi connectivity index (χ3v) is 5.16. The van der Waals surface area contributed by atoms with Crippen molar-refractivity contribution in [3.63, 3.8) is 0 Å². The number of carbonyl (C=O) groups is 1. The summed E-state index contributed by atoms with van der Waals surface area (Å²) >= 11 is 6.04. The standard InChI is InChI=1S/C20H26ClN5O/c1-14-17(12-23-20(24-14)25(2)3)19(27)22-13-18(26-10-4-5-11-26)15-6-8-16(21)9-7-15/h6-9,12,18H,4-5,10-11,13H2,1-3H3,(H,22,27)/t18-/m0/s1. The second-order valence-electron chi connectivity index (χ2n) is 7.08. The van der Waals surface area contributed by atoms with Crippen molar-refractivity contribution >= 4 is 23.5 Å². The number of benzene rings is 1. The number of aryl methyl sites for hydroxylation is 1. The predicted molar refractivity (Wildman–Crippen MR) is 108 cm³/mol. The number of likely N-dealkylation sites (tertiary alicyclic amines) is 1. The minimum Gasteiger partial charge on any atom is -0.350 e. The van der Waals surface area contributed by atoms with Gasteiger partial charge in [-0.1, -0.05) is 23.7 Å². The molecule has 0 bridgehead atoms. The normalized spacial score (nSPS) is 15.6. The van der Waals surface area contributed by atoms with E-state index in [9.17, 15) is 4.79 Å². The van der Waals surface area contributed by atoms with Crippen LogP contribution in [0.3, 0.4) is 0 Å². The highest BCUT2D eigenvalue weighted by Crippen LogP contribution is 2.26. The number of hydrogen-bond acceptors (Lipinski definition) is 5. The summed E-state index contributed by atoms with van der Waals surface area (Å²) in [5.41, 5.74) is 2.35. The maximum Gasteiger partial charge on any atom is 0.254 e. The van der Waals surface area contributed by atoms with Crippen LogP contribution in [0.5, 0.6) is 0 Å². The lowest BCUT2D eigenvalue weighted by Gasteiger charge is -2.28. The molecule has 3 rings (SSSR count). The first-order chi connectivity index (χ1) is 13.0. The number of halogens is 1. The van der Waals surface area contributed by atoms with Gasteiger partial charge in [-0.2, -0.15) is 0 Å². The molecule has 0 radical (unpaired) electrons. The van der Waals surface area contributed by atoms with Gasteiger partial charge in [0.2, 0.25) is 5.95 Å². The van der Waals surface area contributed by atoms with Crippen molar-refractivity contribution in [2.24, 2.45) is 0 Å². The van der Waals surface area contributed by atoms with E-state index in [4.69, 9.17) is 11.6 Å². The average molecular weight is 388 g/mol. The maximum atomic E-state index is 12.7. The summed E-state index contributed by atoms with van der Waals surface area (Å²) in [6.45, 7) is 4.46. The Hall–Kier alpha value is -2.18. The maximum absolute atomic E-state index is 12.7. The van der Waals surface area contributed by atoms with Crippen molar-refractivity contribution in [2.75, 3.05) is 38.6 Å². The van der Waals surface area contributed by atoms with Crippen molar-refractivity contribution in [3.05, 3.63) is 52.3 Å². The minimum atomic E-state index is -0.143. The zero-order valence-electron chi connectivity index (χ0n) is 16.1. The van der Waals surface area contributed by atoms with Gasteiger partial charge in [0.25, 0.3) is 5.91 Å². The Labute approximate surface area is 165 Å². The van der Waals surface area contributed by atoms with Crippen LogP contribution in [0.2, 0.25) is 5.02 Å². The Balaban J connectivity index is 1.73. The molecule has 27 heavy (non-hydrogen) atoms. The van der Waals surface area contributed by atoms with Gasteiger partial charge in [0, 0.05) is 31.9 Å². The minimum absolute atomic E-state index is 0.135. The number of rotatable bonds is 6. The summed E-state index contributed by atoms with van der Waals surface area (Å²) in [5.74, 6) is 0.455. The molecule has 0 saturated carbocycles. The van der Waals surface area contributed by atoms with E-state index in [1.54, 1.807) is 6.20 Å². The summed E-state index contributed by atoms with van der Waals surface area (Å²) in [5, 5.41) is 3.79. The summed E-state index contributed by atoms with van der Waals surface area (Å²) in [4.78, 5) is 25.6. The van der Waals surface area contributed by atoms with Crippen molar-refractivity contribution in [3.8, 4) is 0 Å². The topological polar surface area (TPSA) is 61.4 Å². The molecule has 0 spiro atoms. The molecule has 1 N–H and O–H groups in total. The quantitative estimate of drug-likeness (QED) is 0.825. The predicted octanol–water partition coefficient (Wildman–Crippen LogP) is 3.07. The van der Waals surface area contributed by atoms with Gasteiger partial charge >= 0.3 is 0 Å².